The molecule has 2 aliphatic heterocycles. The molecule has 2 unspecified atom stereocenters. The van der Waals surface area contributed by atoms with Gasteiger partial charge in [0.05, 0.1) is 17.5 Å². The first-order valence-electron chi connectivity index (χ1n) is 4.28. The second-order valence-corrected chi connectivity index (χ2v) is 7.79. The number of hydrogen-bond acceptors (Lipinski definition) is 5. The average molecular weight is 252 g/mol. The summed E-state index contributed by atoms with van der Waals surface area (Å²) in [6.07, 6.45) is 0. The van der Waals surface area contributed by atoms with Gasteiger partial charge in [-0.25, -0.2) is 13.4 Å². The van der Waals surface area contributed by atoms with E-state index >= 15 is 0 Å². The highest BCUT2D eigenvalue weighted by molar-refractivity contribution is 8.24. The van der Waals surface area contributed by atoms with Gasteiger partial charge in [-0.2, -0.15) is 0 Å². The van der Waals surface area contributed by atoms with Gasteiger partial charge in [-0.1, -0.05) is 24.0 Å². The van der Waals surface area contributed by atoms with E-state index in [4.69, 9.17) is 12.2 Å². The molecule has 0 N–H and O–H groups in total. The molecule has 2 saturated heterocycles. The molecule has 7 heteroatoms. The van der Waals surface area contributed by atoms with Gasteiger partial charge in [-0.3, -0.25) is 5.01 Å². The molecule has 0 aliphatic carbocycles. The lowest BCUT2D eigenvalue weighted by atomic mass is 10.2. The largest absolute Gasteiger partial charge is 0.286 e. The smallest absolute Gasteiger partial charge is 0.153 e. The first-order valence-corrected chi connectivity index (χ1v) is 7.39. The van der Waals surface area contributed by atoms with Crippen molar-refractivity contribution < 1.29 is 8.42 Å². The van der Waals surface area contributed by atoms with Crippen LogP contribution in [0.1, 0.15) is 0 Å². The number of fused-ring (bicyclic) bond motifs is 1. The van der Waals surface area contributed by atoms with Crippen LogP contribution < -0.4 is 0 Å². The van der Waals surface area contributed by atoms with E-state index in [2.05, 4.69) is 0 Å². The van der Waals surface area contributed by atoms with E-state index < -0.39 is 9.84 Å². The van der Waals surface area contributed by atoms with Gasteiger partial charge >= 0.3 is 0 Å². The monoisotopic (exact) mass is 252 g/mol. The minimum Gasteiger partial charge on any atom is -0.286 e. The Morgan fingerprint density at radius 1 is 1.50 bits per heavy atom. The molecular weight excluding hydrogens is 240 g/mol. The topological polar surface area (TPSA) is 40.6 Å². The average Bonchev–Trinajstić information content (AvgIpc) is 2.37. The van der Waals surface area contributed by atoms with Gasteiger partial charge in [0.25, 0.3) is 0 Å². The van der Waals surface area contributed by atoms with Gasteiger partial charge in [-0.15, -0.1) is 0 Å². The second-order valence-electron chi connectivity index (χ2n) is 3.76. The summed E-state index contributed by atoms with van der Waals surface area (Å²) in [5, 5.41) is 3.92. The van der Waals surface area contributed by atoms with Crippen molar-refractivity contribution in [1.29, 1.82) is 0 Å². The number of hydrazine groups is 1. The zero-order valence-electron chi connectivity index (χ0n) is 8.00. The summed E-state index contributed by atoms with van der Waals surface area (Å²) in [4.78, 5) is 0. The van der Waals surface area contributed by atoms with Crippen molar-refractivity contribution in [3.8, 4) is 0 Å². The molecule has 0 amide bonds. The summed E-state index contributed by atoms with van der Waals surface area (Å²) < 4.78 is 23.6. The standard InChI is InChI=1S/C7H12N2O2S3/c1-8(2)9-5-3-14(10,11)4-6(5)13-7(9)12/h5-6H,3-4H2,1-2H3. The van der Waals surface area contributed by atoms with E-state index in [9.17, 15) is 8.42 Å². The predicted molar refractivity (Wildman–Crippen MR) is 61.9 cm³/mol. The molecule has 80 valence electrons. The van der Waals surface area contributed by atoms with Crippen molar-refractivity contribution in [3.63, 3.8) is 0 Å². The molecule has 2 heterocycles. The number of rotatable bonds is 1. The lowest BCUT2D eigenvalue weighted by Gasteiger charge is -2.30. The Bertz CT molecular complexity index is 365. The van der Waals surface area contributed by atoms with Gasteiger partial charge in [0.2, 0.25) is 0 Å². The van der Waals surface area contributed by atoms with Gasteiger partial charge in [0.15, 0.2) is 14.2 Å². The Hall–Kier alpha value is 0.150. The minimum absolute atomic E-state index is 0.0486. The van der Waals surface area contributed by atoms with Crippen molar-refractivity contribution in [1.82, 2.24) is 10.0 Å². The summed E-state index contributed by atoms with van der Waals surface area (Å²) in [5.41, 5.74) is 0. The highest BCUT2D eigenvalue weighted by Gasteiger charge is 2.48. The van der Waals surface area contributed by atoms with E-state index in [1.54, 1.807) is 0 Å². The molecule has 4 nitrogen and oxygen atoms in total. The lowest BCUT2D eigenvalue weighted by Crippen LogP contribution is -2.45. The number of sulfone groups is 1. The molecule has 2 aliphatic rings. The summed E-state index contributed by atoms with van der Waals surface area (Å²) in [5.74, 6) is 0.510. The second kappa shape index (κ2) is 3.33. The summed E-state index contributed by atoms with van der Waals surface area (Å²) >= 11 is 6.71. The van der Waals surface area contributed by atoms with Crippen LogP contribution in [-0.2, 0) is 9.84 Å². The maximum Gasteiger partial charge on any atom is 0.153 e. The van der Waals surface area contributed by atoms with Crippen LogP contribution in [0.15, 0.2) is 0 Å². The summed E-state index contributed by atoms with van der Waals surface area (Å²) in [7, 11) is 0.934. The highest BCUT2D eigenvalue weighted by Crippen LogP contribution is 2.38. The normalized spacial score (nSPS) is 35.4. The third kappa shape index (κ3) is 1.66. The molecule has 0 saturated carbocycles. The number of thiocarbonyl (C=S) groups is 1. The Morgan fingerprint density at radius 3 is 2.71 bits per heavy atom. The minimum atomic E-state index is -2.84. The molecule has 0 spiro atoms. The van der Waals surface area contributed by atoms with Crippen molar-refractivity contribution in [2.24, 2.45) is 0 Å². The van der Waals surface area contributed by atoms with E-state index in [0.29, 0.717) is 0 Å². The molecule has 0 bridgehead atoms. The zero-order chi connectivity index (χ0) is 10.5. The van der Waals surface area contributed by atoms with Gasteiger partial charge in [0, 0.05) is 19.3 Å². The van der Waals surface area contributed by atoms with Crippen molar-refractivity contribution in [2.75, 3.05) is 25.6 Å². The van der Waals surface area contributed by atoms with Gasteiger partial charge in [-0.05, 0) is 0 Å². The molecule has 0 aromatic rings. The Balaban J connectivity index is 2.26. The first-order chi connectivity index (χ1) is 6.41. The van der Waals surface area contributed by atoms with Crippen LogP contribution in [0, 0.1) is 0 Å². The molecule has 14 heavy (non-hydrogen) atoms. The van der Waals surface area contributed by atoms with Gasteiger partial charge in [0.1, 0.15) is 0 Å². The maximum absolute atomic E-state index is 11.4. The fourth-order valence-electron chi connectivity index (χ4n) is 1.92. The maximum atomic E-state index is 11.4. The quantitative estimate of drug-likeness (QED) is 0.610. The SMILES string of the molecule is CN(C)N1C(=S)SC2CS(=O)(=O)CC21. The Labute approximate surface area is 93.5 Å². The number of nitrogens with zero attached hydrogens (tertiary/aromatic N) is 2. The molecule has 0 aromatic carbocycles. The predicted octanol–water partition coefficient (Wildman–Crippen LogP) is -0.0377. The van der Waals surface area contributed by atoms with Crippen LogP contribution in [0.4, 0.5) is 0 Å². The zero-order valence-corrected chi connectivity index (χ0v) is 10.5. The van der Waals surface area contributed by atoms with Crippen LogP contribution >= 0.6 is 24.0 Å². The van der Waals surface area contributed by atoms with E-state index in [1.165, 1.54) is 11.8 Å². The van der Waals surface area contributed by atoms with Crippen molar-refractivity contribution >= 4 is 38.1 Å². The molecule has 2 rings (SSSR count). The van der Waals surface area contributed by atoms with Gasteiger partial charge < -0.3 is 0 Å². The van der Waals surface area contributed by atoms with E-state index in [-0.39, 0.29) is 22.8 Å². The molecule has 2 atom stereocenters. The van der Waals surface area contributed by atoms with Crippen molar-refractivity contribution in [3.05, 3.63) is 0 Å². The fraction of sp³-hybridized carbons (Fsp3) is 0.857. The Morgan fingerprint density at radius 2 is 2.14 bits per heavy atom. The van der Waals surface area contributed by atoms with Crippen LogP contribution in [0.5, 0.6) is 0 Å². The first kappa shape index (κ1) is 10.7. The molecule has 0 aromatic heterocycles. The van der Waals surface area contributed by atoms with Crippen LogP contribution in [0.3, 0.4) is 0 Å². The fourth-order valence-corrected chi connectivity index (χ4v) is 6.39. The highest BCUT2D eigenvalue weighted by atomic mass is 32.2. The van der Waals surface area contributed by atoms with E-state index in [0.717, 1.165) is 4.32 Å². The van der Waals surface area contributed by atoms with Crippen molar-refractivity contribution in [2.45, 2.75) is 11.3 Å². The third-order valence-electron chi connectivity index (χ3n) is 2.46. The molecular formula is C7H12N2O2S3. The Kier molecular flexibility index (Phi) is 2.53. The molecule has 0 radical (unpaired) electrons. The third-order valence-corrected chi connectivity index (χ3v) is 6.03. The number of thioether (sulfide) groups is 1. The summed E-state index contributed by atoms with van der Waals surface area (Å²) in [6.45, 7) is 0. The molecule has 2 fully saturated rings. The van der Waals surface area contributed by atoms with Crippen LogP contribution in [0.25, 0.3) is 0 Å². The van der Waals surface area contributed by atoms with E-state index in [1.807, 2.05) is 24.1 Å². The van der Waals surface area contributed by atoms with Crippen LogP contribution in [0.2, 0.25) is 0 Å². The number of hydrogen-bond donors (Lipinski definition) is 0. The summed E-state index contributed by atoms with van der Waals surface area (Å²) in [6, 6.07) is 0.0486. The van der Waals surface area contributed by atoms with Crippen LogP contribution in [-0.4, -0.2) is 59.6 Å². The lowest BCUT2D eigenvalue weighted by molar-refractivity contribution is 0.0874.